The van der Waals surface area contributed by atoms with Crippen LogP contribution in [0.2, 0.25) is 0 Å². The topological polar surface area (TPSA) is 26.0 Å². The van der Waals surface area contributed by atoms with Crippen LogP contribution in [0, 0.1) is 5.92 Å². The first-order valence-corrected chi connectivity index (χ1v) is 8.41. The lowest BCUT2D eigenvalue weighted by molar-refractivity contribution is 0.290. The van der Waals surface area contributed by atoms with Gasteiger partial charge >= 0.3 is 0 Å². The minimum atomic E-state index is 0.156. The Balaban J connectivity index is 2.39. The molecule has 1 aliphatic rings. The summed E-state index contributed by atoms with van der Waals surface area (Å²) >= 11 is 0. The molecule has 0 heterocycles. The Bertz CT molecular complexity index is 186. The van der Waals surface area contributed by atoms with Crippen LogP contribution in [-0.2, 0) is 0 Å². The van der Waals surface area contributed by atoms with E-state index in [0.29, 0.717) is 0 Å². The molecule has 0 aromatic carbocycles. The van der Waals surface area contributed by atoms with Crippen molar-refractivity contribution in [3.05, 3.63) is 0 Å². The fraction of sp³-hybridized carbons (Fsp3) is 1.00. The summed E-state index contributed by atoms with van der Waals surface area (Å²) in [7, 11) is 0. The molecule has 0 saturated heterocycles. The molecule has 0 radical (unpaired) electrons. The highest BCUT2D eigenvalue weighted by Crippen LogP contribution is 2.27. The Hall–Kier alpha value is -0.0400. The molecule has 1 aliphatic carbocycles. The van der Waals surface area contributed by atoms with E-state index in [4.69, 9.17) is 5.73 Å². The molecule has 2 N–H and O–H groups in total. The van der Waals surface area contributed by atoms with Gasteiger partial charge in [0.25, 0.3) is 0 Å². The highest BCUT2D eigenvalue weighted by molar-refractivity contribution is 4.84. The molecule has 1 nitrogen and oxygen atoms in total. The second-order valence-corrected chi connectivity index (χ2v) is 6.98. The minimum absolute atomic E-state index is 0.156. The summed E-state index contributed by atoms with van der Waals surface area (Å²) < 4.78 is 0. The largest absolute Gasteiger partial charge is 0.325 e. The lowest BCUT2D eigenvalue weighted by Gasteiger charge is -2.31. The van der Waals surface area contributed by atoms with Crippen molar-refractivity contribution in [2.24, 2.45) is 11.7 Å². The zero-order valence-electron chi connectivity index (χ0n) is 12.8. The maximum Gasteiger partial charge on any atom is 0.0154 e. The SMILES string of the molecule is CC(C)CCC1(N)CCCCCCCCCCC1. The van der Waals surface area contributed by atoms with Crippen LogP contribution in [-0.4, -0.2) is 5.54 Å². The van der Waals surface area contributed by atoms with Crippen molar-refractivity contribution < 1.29 is 0 Å². The molecule has 0 aromatic rings. The van der Waals surface area contributed by atoms with Gasteiger partial charge in [0.1, 0.15) is 0 Å². The molecule has 0 atom stereocenters. The molecule has 0 unspecified atom stereocenters. The predicted octanol–water partition coefficient (Wildman–Crippen LogP) is 5.42. The zero-order chi connectivity index (χ0) is 13.3. The molecule has 0 bridgehead atoms. The Kier molecular flexibility index (Phi) is 7.97. The molecular weight excluding hydrogens is 218 g/mol. The number of hydrogen-bond acceptors (Lipinski definition) is 1. The van der Waals surface area contributed by atoms with E-state index in [1.807, 2.05) is 0 Å². The fourth-order valence-electron chi connectivity index (χ4n) is 3.14. The van der Waals surface area contributed by atoms with Crippen LogP contribution >= 0.6 is 0 Å². The van der Waals surface area contributed by atoms with E-state index < -0.39 is 0 Å². The van der Waals surface area contributed by atoms with Crippen molar-refractivity contribution in [3.8, 4) is 0 Å². The standard InChI is InChI=1S/C17H35N/c1-16(2)12-15-17(18)13-10-8-6-4-3-5-7-9-11-14-17/h16H,3-15,18H2,1-2H3. The number of hydrogen-bond donors (Lipinski definition) is 1. The molecule has 0 aliphatic heterocycles. The van der Waals surface area contributed by atoms with E-state index >= 15 is 0 Å². The van der Waals surface area contributed by atoms with Gasteiger partial charge in [-0.15, -0.1) is 0 Å². The third-order valence-corrected chi connectivity index (χ3v) is 4.57. The van der Waals surface area contributed by atoms with Gasteiger partial charge < -0.3 is 5.73 Å². The lowest BCUT2D eigenvalue weighted by atomic mass is 9.81. The van der Waals surface area contributed by atoms with Gasteiger partial charge in [-0.25, -0.2) is 0 Å². The Morgan fingerprint density at radius 1 is 0.778 bits per heavy atom. The molecular formula is C17H35N. The normalized spacial score (nSPS) is 23.3. The summed E-state index contributed by atoms with van der Waals surface area (Å²) in [5.74, 6) is 0.798. The molecule has 0 aromatic heterocycles. The third-order valence-electron chi connectivity index (χ3n) is 4.57. The van der Waals surface area contributed by atoms with Crippen molar-refractivity contribution in [3.63, 3.8) is 0 Å². The maximum atomic E-state index is 6.69. The minimum Gasteiger partial charge on any atom is -0.325 e. The zero-order valence-corrected chi connectivity index (χ0v) is 12.8. The van der Waals surface area contributed by atoms with Crippen LogP contribution in [0.3, 0.4) is 0 Å². The summed E-state index contributed by atoms with van der Waals surface area (Å²) in [6.07, 6.45) is 17.8. The number of nitrogens with two attached hydrogens (primary N) is 1. The molecule has 18 heavy (non-hydrogen) atoms. The van der Waals surface area contributed by atoms with Crippen molar-refractivity contribution >= 4 is 0 Å². The summed E-state index contributed by atoms with van der Waals surface area (Å²) in [5, 5.41) is 0. The molecule has 1 saturated carbocycles. The van der Waals surface area contributed by atoms with Crippen LogP contribution in [0.15, 0.2) is 0 Å². The molecule has 108 valence electrons. The highest BCUT2D eigenvalue weighted by Gasteiger charge is 2.24. The first-order chi connectivity index (χ1) is 8.62. The Morgan fingerprint density at radius 3 is 1.56 bits per heavy atom. The van der Waals surface area contributed by atoms with Crippen LogP contribution in [0.25, 0.3) is 0 Å². The monoisotopic (exact) mass is 253 g/mol. The first kappa shape index (κ1) is 16.0. The maximum absolute atomic E-state index is 6.69. The van der Waals surface area contributed by atoms with E-state index in [1.54, 1.807) is 0 Å². The fourth-order valence-corrected chi connectivity index (χ4v) is 3.14. The van der Waals surface area contributed by atoms with Gasteiger partial charge in [0.05, 0.1) is 0 Å². The average molecular weight is 253 g/mol. The lowest BCUT2D eigenvalue weighted by Crippen LogP contribution is -2.40. The van der Waals surface area contributed by atoms with Crippen LogP contribution < -0.4 is 5.73 Å². The van der Waals surface area contributed by atoms with Gasteiger partial charge in [0, 0.05) is 5.54 Å². The second kappa shape index (κ2) is 8.96. The third kappa shape index (κ3) is 7.41. The van der Waals surface area contributed by atoms with Gasteiger partial charge in [-0.05, 0) is 31.6 Å². The van der Waals surface area contributed by atoms with Crippen molar-refractivity contribution in [2.45, 2.75) is 103 Å². The van der Waals surface area contributed by atoms with Crippen LogP contribution in [0.5, 0.6) is 0 Å². The first-order valence-electron chi connectivity index (χ1n) is 8.41. The van der Waals surface area contributed by atoms with Gasteiger partial charge in [0.2, 0.25) is 0 Å². The van der Waals surface area contributed by atoms with Crippen LogP contribution in [0.4, 0.5) is 0 Å². The van der Waals surface area contributed by atoms with Gasteiger partial charge in [-0.1, -0.05) is 71.6 Å². The van der Waals surface area contributed by atoms with E-state index in [9.17, 15) is 0 Å². The van der Waals surface area contributed by atoms with Crippen molar-refractivity contribution in [1.82, 2.24) is 0 Å². The van der Waals surface area contributed by atoms with Gasteiger partial charge in [0.15, 0.2) is 0 Å². The summed E-state index contributed by atoms with van der Waals surface area (Å²) in [6, 6.07) is 0. The van der Waals surface area contributed by atoms with E-state index in [0.717, 1.165) is 5.92 Å². The van der Waals surface area contributed by atoms with Crippen LogP contribution in [0.1, 0.15) is 97.3 Å². The molecule has 1 heteroatoms. The summed E-state index contributed by atoms with van der Waals surface area (Å²) in [4.78, 5) is 0. The van der Waals surface area contributed by atoms with Gasteiger partial charge in [-0.2, -0.15) is 0 Å². The molecule has 1 fully saturated rings. The van der Waals surface area contributed by atoms with Crippen molar-refractivity contribution in [2.75, 3.05) is 0 Å². The predicted molar refractivity (Wildman–Crippen MR) is 81.8 cm³/mol. The summed E-state index contributed by atoms with van der Waals surface area (Å²) in [5.41, 5.74) is 6.84. The Morgan fingerprint density at radius 2 is 1.17 bits per heavy atom. The molecule has 1 rings (SSSR count). The van der Waals surface area contributed by atoms with Crippen molar-refractivity contribution in [1.29, 1.82) is 0 Å². The Labute approximate surface area is 115 Å². The summed E-state index contributed by atoms with van der Waals surface area (Å²) in [6.45, 7) is 4.64. The van der Waals surface area contributed by atoms with E-state index in [1.165, 1.54) is 83.5 Å². The number of rotatable bonds is 3. The van der Waals surface area contributed by atoms with E-state index in [-0.39, 0.29) is 5.54 Å². The molecule has 0 amide bonds. The highest BCUT2D eigenvalue weighted by atomic mass is 14.7. The second-order valence-electron chi connectivity index (χ2n) is 6.98. The van der Waals surface area contributed by atoms with E-state index in [2.05, 4.69) is 13.8 Å². The van der Waals surface area contributed by atoms with Gasteiger partial charge in [-0.3, -0.25) is 0 Å². The smallest absolute Gasteiger partial charge is 0.0154 e. The molecule has 0 spiro atoms. The average Bonchev–Trinajstić information content (AvgIpc) is 2.32. The quantitative estimate of drug-likeness (QED) is 0.713.